The summed E-state index contributed by atoms with van der Waals surface area (Å²) in [5.41, 5.74) is 1.89. The highest BCUT2D eigenvalue weighted by molar-refractivity contribution is 6.64. The molecule has 0 unspecified atom stereocenters. The summed E-state index contributed by atoms with van der Waals surface area (Å²) in [6.07, 6.45) is 4.59. The second-order valence-electron chi connectivity index (χ2n) is 3.80. The van der Waals surface area contributed by atoms with Crippen molar-refractivity contribution in [3.63, 3.8) is 0 Å². The Labute approximate surface area is 101 Å². The smallest absolute Gasteiger partial charge is 0.125 e. The molecule has 0 aromatic carbocycles. The quantitative estimate of drug-likeness (QED) is 0.589. The van der Waals surface area contributed by atoms with Gasteiger partial charge in [0.15, 0.2) is 0 Å². The van der Waals surface area contributed by atoms with Crippen molar-refractivity contribution in [3.8, 4) is 0 Å². The van der Waals surface area contributed by atoms with Gasteiger partial charge in [0.1, 0.15) is 5.17 Å². The Balaban J connectivity index is 2.95. The van der Waals surface area contributed by atoms with Gasteiger partial charge in [0.25, 0.3) is 0 Å². The Hall–Kier alpha value is -1.16. The Bertz CT molecular complexity index is 400. The summed E-state index contributed by atoms with van der Waals surface area (Å²) in [6.45, 7) is 7.90. The fraction of sp³-hybridized carbons (Fsp3) is 0.545. The predicted molar refractivity (Wildman–Crippen MR) is 68.4 cm³/mol. The second-order valence-corrected chi connectivity index (χ2v) is 4.35. The first-order valence-electron chi connectivity index (χ1n) is 5.35. The molecule has 1 heterocycles. The van der Waals surface area contributed by atoms with Gasteiger partial charge in [-0.05, 0) is 27.2 Å². The van der Waals surface area contributed by atoms with Crippen LogP contribution >= 0.6 is 11.6 Å². The van der Waals surface area contributed by atoms with Gasteiger partial charge in [-0.2, -0.15) is 10.2 Å². The lowest BCUT2D eigenvalue weighted by atomic mass is 10.2. The molecular formula is C11H17ClN4. The van der Waals surface area contributed by atoms with E-state index >= 15 is 0 Å². The van der Waals surface area contributed by atoms with Crippen LogP contribution in [-0.2, 0) is 0 Å². The molecule has 0 saturated carbocycles. The van der Waals surface area contributed by atoms with E-state index in [1.165, 1.54) is 0 Å². The maximum atomic E-state index is 5.64. The van der Waals surface area contributed by atoms with Crippen LogP contribution in [0, 0.1) is 0 Å². The monoisotopic (exact) mass is 240 g/mol. The van der Waals surface area contributed by atoms with Gasteiger partial charge in [0.2, 0.25) is 0 Å². The van der Waals surface area contributed by atoms with Gasteiger partial charge in [-0.1, -0.05) is 18.5 Å². The molecule has 0 atom stereocenters. The first kappa shape index (κ1) is 12.9. The molecule has 0 radical (unpaired) electrons. The van der Waals surface area contributed by atoms with Crippen LogP contribution in [-0.4, -0.2) is 20.7 Å². The Morgan fingerprint density at radius 1 is 1.50 bits per heavy atom. The third-order valence-corrected chi connectivity index (χ3v) is 2.18. The Kier molecular flexibility index (Phi) is 4.68. The third kappa shape index (κ3) is 3.45. The van der Waals surface area contributed by atoms with E-state index in [1.54, 1.807) is 13.1 Å². The molecule has 5 heteroatoms. The van der Waals surface area contributed by atoms with E-state index < -0.39 is 0 Å². The molecular weight excluding hydrogens is 224 g/mol. The van der Waals surface area contributed by atoms with E-state index in [0.717, 1.165) is 17.7 Å². The van der Waals surface area contributed by atoms with E-state index in [9.17, 15) is 0 Å². The van der Waals surface area contributed by atoms with Crippen molar-refractivity contribution in [3.05, 3.63) is 18.0 Å². The molecule has 0 N–H and O–H groups in total. The normalized spacial score (nSPS) is 13.6. The Morgan fingerprint density at radius 2 is 2.19 bits per heavy atom. The van der Waals surface area contributed by atoms with E-state index in [-0.39, 0.29) is 0 Å². The standard InChI is InChI=1S/C11H17ClN4/c1-5-11(15-14-9(4)12)10-6-13-16(7-10)8(2)3/h6-8H,5H2,1-4H3/b14-9+,15-11+. The van der Waals surface area contributed by atoms with Gasteiger partial charge in [-0.25, -0.2) is 0 Å². The first-order valence-corrected chi connectivity index (χ1v) is 5.73. The highest BCUT2D eigenvalue weighted by Gasteiger charge is 2.06. The lowest BCUT2D eigenvalue weighted by Gasteiger charge is -2.03. The summed E-state index contributed by atoms with van der Waals surface area (Å²) < 4.78 is 1.90. The van der Waals surface area contributed by atoms with Crippen LogP contribution in [0.25, 0.3) is 0 Å². The Morgan fingerprint density at radius 3 is 2.62 bits per heavy atom. The molecule has 0 bridgehead atoms. The van der Waals surface area contributed by atoms with Crippen molar-refractivity contribution in [2.45, 2.75) is 40.2 Å². The van der Waals surface area contributed by atoms with Crippen molar-refractivity contribution in [1.29, 1.82) is 0 Å². The van der Waals surface area contributed by atoms with Gasteiger partial charge in [0, 0.05) is 17.8 Å². The minimum absolute atomic E-state index is 0.352. The number of hydrogen-bond acceptors (Lipinski definition) is 3. The molecule has 4 nitrogen and oxygen atoms in total. The molecule has 1 rings (SSSR count). The fourth-order valence-electron chi connectivity index (χ4n) is 1.23. The van der Waals surface area contributed by atoms with Crippen LogP contribution in [0.4, 0.5) is 0 Å². The molecule has 0 spiro atoms. The van der Waals surface area contributed by atoms with Crippen molar-refractivity contribution >= 4 is 22.5 Å². The maximum absolute atomic E-state index is 5.64. The molecule has 0 aliphatic heterocycles. The van der Waals surface area contributed by atoms with Crippen LogP contribution < -0.4 is 0 Å². The molecule has 0 aliphatic carbocycles. The van der Waals surface area contributed by atoms with Gasteiger partial charge in [-0.3, -0.25) is 4.68 Å². The SMILES string of the molecule is CC/C(=N\N=C(/C)Cl)c1cnn(C(C)C)c1. The molecule has 0 saturated heterocycles. The van der Waals surface area contributed by atoms with Crippen LogP contribution in [0.15, 0.2) is 22.6 Å². The maximum Gasteiger partial charge on any atom is 0.125 e. The minimum Gasteiger partial charge on any atom is -0.270 e. The van der Waals surface area contributed by atoms with Crippen LogP contribution in [0.5, 0.6) is 0 Å². The van der Waals surface area contributed by atoms with Crippen molar-refractivity contribution in [2.75, 3.05) is 0 Å². The number of rotatable bonds is 4. The highest BCUT2D eigenvalue weighted by Crippen LogP contribution is 2.08. The molecule has 1 aromatic heterocycles. The predicted octanol–water partition coefficient (Wildman–Crippen LogP) is 3.24. The van der Waals surface area contributed by atoms with E-state index in [1.807, 2.05) is 17.8 Å². The minimum atomic E-state index is 0.352. The van der Waals surface area contributed by atoms with Gasteiger partial charge < -0.3 is 0 Å². The number of nitrogens with zero attached hydrogens (tertiary/aromatic N) is 4. The lowest BCUT2D eigenvalue weighted by molar-refractivity contribution is 0.532. The second kappa shape index (κ2) is 5.80. The summed E-state index contributed by atoms with van der Waals surface area (Å²) in [5, 5.41) is 12.7. The molecule has 0 fully saturated rings. The van der Waals surface area contributed by atoms with E-state index in [2.05, 4.69) is 29.1 Å². The summed E-state index contributed by atoms with van der Waals surface area (Å²) in [6, 6.07) is 0.352. The molecule has 16 heavy (non-hydrogen) atoms. The number of aromatic nitrogens is 2. The van der Waals surface area contributed by atoms with Gasteiger partial charge in [-0.15, -0.1) is 5.10 Å². The highest BCUT2D eigenvalue weighted by atomic mass is 35.5. The van der Waals surface area contributed by atoms with Crippen molar-refractivity contribution in [2.24, 2.45) is 10.2 Å². The zero-order chi connectivity index (χ0) is 12.1. The first-order chi connectivity index (χ1) is 7.54. The largest absolute Gasteiger partial charge is 0.270 e. The molecule has 1 aromatic rings. The summed E-state index contributed by atoms with van der Waals surface area (Å²) in [5.74, 6) is 0. The summed E-state index contributed by atoms with van der Waals surface area (Å²) in [4.78, 5) is 0. The van der Waals surface area contributed by atoms with Crippen molar-refractivity contribution < 1.29 is 0 Å². The van der Waals surface area contributed by atoms with Gasteiger partial charge in [0.05, 0.1) is 11.9 Å². The third-order valence-electron chi connectivity index (χ3n) is 2.11. The van der Waals surface area contributed by atoms with Crippen LogP contribution in [0.1, 0.15) is 45.7 Å². The summed E-state index contributed by atoms with van der Waals surface area (Å²) >= 11 is 5.64. The zero-order valence-electron chi connectivity index (χ0n) is 10.1. The molecule has 0 amide bonds. The van der Waals surface area contributed by atoms with Gasteiger partial charge >= 0.3 is 0 Å². The van der Waals surface area contributed by atoms with Crippen LogP contribution in [0.2, 0.25) is 0 Å². The molecule has 0 aliphatic rings. The summed E-state index contributed by atoms with van der Waals surface area (Å²) in [7, 11) is 0. The lowest BCUT2D eigenvalue weighted by Crippen LogP contribution is -2.01. The fourth-order valence-corrected chi connectivity index (χ4v) is 1.27. The number of hydrogen-bond donors (Lipinski definition) is 0. The van der Waals surface area contributed by atoms with Crippen molar-refractivity contribution in [1.82, 2.24) is 9.78 Å². The zero-order valence-corrected chi connectivity index (χ0v) is 10.9. The average Bonchev–Trinajstić information content (AvgIpc) is 2.67. The molecule has 88 valence electrons. The van der Waals surface area contributed by atoms with E-state index in [0.29, 0.717) is 11.2 Å². The number of halogens is 1. The average molecular weight is 241 g/mol. The van der Waals surface area contributed by atoms with E-state index in [4.69, 9.17) is 11.6 Å². The topological polar surface area (TPSA) is 42.5 Å². The van der Waals surface area contributed by atoms with Crippen LogP contribution in [0.3, 0.4) is 0 Å².